The molecular weight excluding hydrogens is 458 g/mol. The minimum Gasteiger partial charge on any atom is -0.497 e. The molecule has 1 atom stereocenters. The number of hydrogen-bond donors (Lipinski definition) is 0. The summed E-state index contributed by atoms with van der Waals surface area (Å²) in [6.07, 6.45) is 0. The number of fused-ring (bicyclic) bond motifs is 2. The molecule has 0 saturated carbocycles. The monoisotopic (exact) mass is 475 g/mol. The number of aryl methyl sites for hydroxylation is 1. The van der Waals surface area contributed by atoms with Crippen LogP contribution >= 0.6 is 15.9 Å². The highest BCUT2D eigenvalue weighted by atomic mass is 79.9. The SMILES string of the molecule is COc1cccc(N2C(=O)c3oc4ccc(C)cc4c(=O)c3C2c2ccc(Br)cc2)c1. The van der Waals surface area contributed by atoms with Crippen LogP contribution in [0.3, 0.4) is 0 Å². The quantitative estimate of drug-likeness (QED) is 0.385. The fourth-order valence-electron chi connectivity index (χ4n) is 4.07. The molecule has 1 amide bonds. The number of carbonyl (C=O) groups excluding carboxylic acids is 1. The number of hydrogen-bond acceptors (Lipinski definition) is 4. The lowest BCUT2D eigenvalue weighted by atomic mass is 9.98. The molecule has 0 spiro atoms. The van der Waals surface area contributed by atoms with Gasteiger partial charge in [0, 0.05) is 16.2 Å². The Labute approximate surface area is 187 Å². The maximum Gasteiger partial charge on any atom is 0.295 e. The number of anilines is 1. The first-order valence-electron chi connectivity index (χ1n) is 9.78. The van der Waals surface area contributed by atoms with E-state index in [1.54, 1.807) is 30.2 Å². The molecular formula is C25H18BrNO4. The van der Waals surface area contributed by atoms with E-state index in [1.807, 2.05) is 55.5 Å². The minimum absolute atomic E-state index is 0.0806. The van der Waals surface area contributed by atoms with Gasteiger partial charge in [0.1, 0.15) is 11.3 Å². The first-order valence-corrected chi connectivity index (χ1v) is 10.6. The summed E-state index contributed by atoms with van der Waals surface area (Å²) in [6.45, 7) is 1.92. The second-order valence-corrected chi connectivity index (χ2v) is 8.42. The predicted octanol–water partition coefficient (Wildman–Crippen LogP) is 5.62. The summed E-state index contributed by atoms with van der Waals surface area (Å²) in [5, 5.41) is 0.473. The number of amides is 1. The molecule has 0 N–H and O–H groups in total. The largest absolute Gasteiger partial charge is 0.497 e. The zero-order valence-corrected chi connectivity index (χ0v) is 18.5. The molecule has 4 aromatic rings. The summed E-state index contributed by atoms with van der Waals surface area (Å²) >= 11 is 3.45. The molecule has 1 unspecified atom stereocenters. The Morgan fingerprint density at radius 3 is 2.52 bits per heavy atom. The molecule has 31 heavy (non-hydrogen) atoms. The van der Waals surface area contributed by atoms with E-state index >= 15 is 0 Å². The average Bonchev–Trinajstić information content (AvgIpc) is 3.07. The van der Waals surface area contributed by atoms with Gasteiger partial charge in [0.25, 0.3) is 5.91 Å². The summed E-state index contributed by atoms with van der Waals surface area (Å²) in [4.78, 5) is 28.8. The normalized spacial score (nSPS) is 15.4. The van der Waals surface area contributed by atoms with Gasteiger partial charge in [-0.25, -0.2) is 0 Å². The Morgan fingerprint density at radius 2 is 1.77 bits per heavy atom. The Morgan fingerprint density at radius 1 is 1.00 bits per heavy atom. The van der Waals surface area contributed by atoms with Crippen molar-refractivity contribution >= 4 is 38.5 Å². The van der Waals surface area contributed by atoms with Crippen molar-refractivity contribution < 1.29 is 13.9 Å². The number of carbonyl (C=O) groups is 1. The molecule has 2 heterocycles. The Bertz CT molecular complexity index is 1390. The summed E-state index contributed by atoms with van der Waals surface area (Å²) in [5.41, 5.74) is 2.97. The van der Waals surface area contributed by atoms with Crippen LogP contribution in [0.1, 0.15) is 33.3 Å². The van der Waals surface area contributed by atoms with Crippen molar-refractivity contribution in [1.29, 1.82) is 0 Å². The van der Waals surface area contributed by atoms with Gasteiger partial charge in [-0.15, -0.1) is 0 Å². The van der Waals surface area contributed by atoms with Crippen LogP contribution in [-0.2, 0) is 0 Å². The smallest absolute Gasteiger partial charge is 0.295 e. The van der Waals surface area contributed by atoms with E-state index in [2.05, 4.69) is 15.9 Å². The van der Waals surface area contributed by atoms with Gasteiger partial charge in [0.05, 0.1) is 24.1 Å². The molecule has 154 valence electrons. The van der Waals surface area contributed by atoms with Crippen molar-refractivity contribution in [3.63, 3.8) is 0 Å². The van der Waals surface area contributed by atoms with E-state index in [1.165, 1.54) is 0 Å². The van der Waals surface area contributed by atoms with Gasteiger partial charge in [-0.3, -0.25) is 14.5 Å². The van der Waals surface area contributed by atoms with E-state index in [9.17, 15) is 9.59 Å². The van der Waals surface area contributed by atoms with Crippen LogP contribution in [-0.4, -0.2) is 13.0 Å². The lowest BCUT2D eigenvalue weighted by Gasteiger charge is -2.25. The van der Waals surface area contributed by atoms with Crippen LogP contribution in [0.25, 0.3) is 11.0 Å². The fraction of sp³-hybridized carbons (Fsp3) is 0.120. The molecule has 0 fully saturated rings. The highest BCUT2D eigenvalue weighted by Gasteiger charge is 2.43. The van der Waals surface area contributed by atoms with Crippen molar-refractivity contribution in [2.45, 2.75) is 13.0 Å². The van der Waals surface area contributed by atoms with Gasteiger partial charge in [-0.1, -0.05) is 45.8 Å². The van der Waals surface area contributed by atoms with Gasteiger partial charge in [0.2, 0.25) is 5.76 Å². The Kier molecular flexibility index (Phi) is 4.67. The molecule has 5 nitrogen and oxygen atoms in total. The fourth-order valence-corrected chi connectivity index (χ4v) is 4.34. The van der Waals surface area contributed by atoms with Crippen molar-refractivity contribution in [2.75, 3.05) is 12.0 Å². The average molecular weight is 476 g/mol. The maximum atomic E-state index is 13.6. The van der Waals surface area contributed by atoms with Crippen LogP contribution in [0.5, 0.6) is 5.75 Å². The lowest BCUT2D eigenvalue weighted by Crippen LogP contribution is -2.29. The molecule has 5 rings (SSSR count). The second-order valence-electron chi connectivity index (χ2n) is 7.50. The summed E-state index contributed by atoms with van der Waals surface area (Å²) in [6, 6.07) is 19.6. The van der Waals surface area contributed by atoms with E-state index in [0.717, 1.165) is 15.6 Å². The molecule has 6 heteroatoms. The van der Waals surface area contributed by atoms with Gasteiger partial charge in [-0.05, 0) is 48.9 Å². The molecule has 0 aliphatic carbocycles. The molecule has 3 aromatic carbocycles. The number of methoxy groups -OCH3 is 1. The third kappa shape index (κ3) is 3.15. The molecule has 1 aliphatic heterocycles. The maximum absolute atomic E-state index is 13.6. The number of ether oxygens (including phenoxy) is 1. The first kappa shape index (κ1) is 19.6. The van der Waals surface area contributed by atoms with Gasteiger partial charge < -0.3 is 9.15 Å². The summed E-state index contributed by atoms with van der Waals surface area (Å²) < 4.78 is 12.3. The minimum atomic E-state index is -0.608. The molecule has 1 aliphatic rings. The van der Waals surface area contributed by atoms with Crippen molar-refractivity contribution in [2.24, 2.45) is 0 Å². The standard InChI is InChI=1S/C25H18BrNO4/c1-14-6-11-20-19(12-14)23(28)21-22(15-7-9-16(26)10-8-15)27(25(29)24(21)31-20)17-4-3-5-18(13-17)30-2/h3-13,22H,1-2H3. The van der Waals surface area contributed by atoms with Crippen LogP contribution in [0.2, 0.25) is 0 Å². The van der Waals surface area contributed by atoms with Crippen molar-refractivity contribution in [1.82, 2.24) is 0 Å². The Balaban J connectivity index is 1.81. The number of rotatable bonds is 3. The summed E-state index contributed by atoms with van der Waals surface area (Å²) in [5.74, 6) is 0.351. The second kappa shape index (κ2) is 7.39. The van der Waals surface area contributed by atoms with Gasteiger partial charge in [-0.2, -0.15) is 0 Å². The first-order chi connectivity index (χ1) is 15.0. The van der Waals surface area contributed by atoms with Crippen LogP contribution in [0, 0.1) is 6.92 Å². The van der Waals surface area contributed by atoms with Gasteiger partial charge in [0.15, 0.2) is 5.43 Å². The summed E-state index contributed by atoms with van der Waals surface area (Å²) in [7, 11) is 1.58. The number of benzene rings is 3. The van der Waals surface area contributed by atoms with Crippen molar-refractivity contribution in [3.05, 3.63) is 104 Å². The number of nitrogens with zero attached hydrogens (tertiary/aromatic N) is 1. The number of halogens is 1. The van der Waals surface area contributed by atoms with E-state index < -0.39 is 6.04 Å². The van der Waals surface area contributed by atoms with E-state index in [-0.39, 0.29) is 17.1 Å². The zero-order chi connectivity index (χ0) is 21.7. The van der Waals surface area contributed by atoms with Crippen LogP contribution in [0.15, 0.2) is 80.4 Å². The predicted molar refractivity (Wildman–Crippen MR) is 123 cm³/mol. The highest BCUT2D eigenvalue weighted by molar-refractivity contribution is 9.10. The third-order valence-corrected chi connectivity index (χ3v) is 6.07. The van der Waals surface area contributed by atoms with Crippen molar-refractivity contribution in [3.8, 4) is 5.75 Å². The van der Waals surface area contributed by atoms with E-state index in [0.29, 0.717) is 28.0 Å². The topological polar surface area (TPSA) is 59.8 Å². The van der Waals surface area contributed by atoms with Gasteiger partial charge >= 0.3 is 0 Å². The lowest BCUT2D eigenvalue weighted by molar-refractivity contribution is 0.0971. The molecule has 0 radical (unpaired) electrons. The van der Waals surface area contributed by atoms with Crippen LogP contribution in [0.4, 0.5) is 5.69 Å². The molecule has 0 saturated heterocycles. The molecule has 0 bridgehead atoms. The Hall–Kier alpha value is -3.38. The zero-order valence-electron chi connectivity index (χ0n) is 16.9. The molecule has 1 aromatic heterocycles. The van der Waals surface area contributed by atoms with Crippen LogP contribution < -0.4 is 15.1 Å². The van der Waals surface area contributed by atoms with E-state index in [4.69, 9.17) is 9.15 Å². The third-order valence-electron chi connectivity index (χ3n) is 5.54. The highest BCUT2D eigenvalue weighted by Crippen LogP contribution is 2.42.